The van der Waals surface area contributed by atoms with E-state index in [1.807, 2.05) is 0 Å². The van der Waals surface area contributed by atoms with Crippen LogP contribution in [0.4, 0.5) is 4.79 Å². The summed E-state index contributed by atoms with van der Waals surface area (Å²) in [6, 6.07) is 5.00. The molecule has 1 fully saturated rings. The molecule has 1 aliphatic heterocycles. The molecule has 108 valence electrons. The van der Waals surface area contributed by atoms with Gasteiger partial charge in [0.25, 0.3) is 0 Å². The summed E-state index contributed by atoms with van der Waals surface area (Å²) < 4.78 is 5.37. The molecule has 3 N–H and O–H groups in total. The summed E-state index contributed by atoms with van der Waals surface area (Å²) in [4.78, 5) is 16.3. The third-order valence-corrected chi connectivity index (χ3v) is 3.45. The third-order valence-electron chi connectivity index (χ3n) is 2.82. The van der Waals surface area contributed by atoms with Crippen LogP contribution in [0.2, 0.25) is 10.0 Å². The summed E-state index contributed by atoms with van der Waals surface area (Å²) in [5.74, 6) is 0.123. The normalized spacial score (nSPS) is 20.0. The first-order valence-electron chi connectivity index (χ1n) is 5.86. The molecule has 1 aromatic carbocycles. The second-order valence-corrected chi connectivity index (χ2v) is 4.98. The number of aliphatic imine (C=N–C) groups is 1. The van der Waals surface area contributed by atoms with Crippen LogP contribution in [0.25, 0.3) is 0 Å². The van der Waals surface area contributed by atoms with Gasteiger partial charge in [-0.1, -0.05) is 29.3 Å². The van der Waals surface area contributed by atoms with Gasteiger partial charge in [-0.3, -0.25) is 0 Å². The van der Waals surface area contributed by atoms with Crippen molar-refractivity contribution in [1.29, 1.82) is 0 Å². The Labute approximate surface area is 125 Å². The lowest BCUT2D eigenvalue weighted by Gasteiger charge is -2.29. The molecule has 1 aromatic rings. The minimum atomic E-state index is -1.01. The summed E-state index contributed by atoms with van der Waals surface area (Å²) in [5.41, 5.74) is 6.31. The van der Waals surface area contributed by atoms with Crippen LogP contribution in [-0.4, -0.2) is 47.9 Å². The van der Waals surface area contributed by atoms with Crippen molar-refractivity contribution in [2.24, 2.45) is 10.7 Å². The molecule has 0 spiro atoms. The molecule has 0 bridgehead atoms. The zero-order valence-electron chi connectivity index (χ0n) is 10.4. The van der Waals surface area contributed by atoms with Gasteiger partial charge in [-0.05, 0) is 12.1 Å². The number of nitrogens with zero attached hydrogens (tertiary/aromatic N) is 2. The van der Waals surface area contributed by atoms with E-state index in [4.69, 9.17) is 38.8 Å². The Hall–Kier alpha value is -1.50. The molecule has 2 rings (SSSR count). The number of nitrogens with two attached hydrogens (primary N) is 1. The molecule has 0 saturated carbocycles. The maximum absolute atomic E-state index is 10.9. The van der Waals surface area contributed by atoms with Crippen LogP contribution in [0.5, 0.6) is 0 Å². The number of halogens is 2. The molecule has 1 unspecified atom stereocenters. The van der Waals surface area contributed by atoms with E-state index in [1.165, 1.54) is 4.90 Å². The standard InChI is InChI=1S/C12H13Cl2N3O3/c13-7-2-1-3-8(14)10(7)11(15)16-9-6-17(12(18)19)4-5-20-9/h1-3,9H,4-6H2,(H2,15,16)(H,18,19). The van der Waals surface area contributed by atoms with Crippen molar-refractivity contribution >= 4 is 35.1 Å². The Balaban J connectivity index is 2.20. The summed E-state index contributed by atoms with van der Waals surface area (Å²) >= 11 is 12.1. The Morgan fingerprint density at radius 1 is 1.45 bits per heavy atom. The maximum Gasteiger partial charge on any atom is 0.407 e. The van der Waals surface area contributed by atoms with E-state index in [0.29, 0.717) is 22.2 Å². The molecular weight excluding hydrogens is 305 g/mol. The van der Waals surface area contributed by atoms with Crippen LogP contribution >= 0.6 is 23.2 Å². The molecule has 0 radical (unpaired) electrons. The lowest BCUT2D eigenvalue weighted by molar-refractivity contribution is -0.0168. The first-order chi connectivity index (χ1) is 9.49. The van der Waals surface area contributed by atoms with Crippen molar-refractivity contribution in [1.82, 2.24) is 4.90 Å². The lowest BCUT2D eigenvalue weighted by atomic mass is 10.2. The SMILES string of the molecule is N/C(=N\C1CN(C(=O)O)CCO1)c1c(Cl)cccc1Cl. The monoisotopic (exact) mass is 317 g/mol. The average molecular weight is 318 g/mol. The number of carboxylic acid groups (broad SMARTS) is 1. The highest BCUT2D eigenvalue weighted by Gasteiger charge is 2.24. The molecule has 1 aliphatic rings. The number of morpholine rings is 1. The van der Waals surface area contributed by atoms with E-state index >= 15 is 0 Å². The van der Waals surface area contributed by atoms with Crippen LogP contribution < -0.4 is 5.73 Å². The van der Waals surface area contributed by atoms with Gasteiger partial charge >= 0.3 is 6.09 Å². The highest BCUT2D eigenvalue weighted by atomic mass is 35.5. The largest absolute Gasteiger partial charge is 0.465 e. The molecule has 6 nitrogen and oxygen atoms in total. The van der Waals surface area contributed by atoms with Gasteiger partial charge in [0, 0.05) is 6.54 Å². The Morgan fingerprint density at radius 2 is 2.10 bits per heavy atom. The van der Waals surface area contributed by atoms with E-state index in [1.54, 1.807) is 18.2 Å². The molecule has 1 heterocycles. The second kappa shape index (κ2) is 6.30. The number of carbonyl (C=O) groups is 1. The first-order valence-corrected chi connectivity index (χ1v) is 6.61. The number of rotatable bonds is 2. The van der Waals surface area contributed by atoms with Crippen LogP contribution in [0.15, 0.2) is 23.2 Å². The Bertz CT molecular complexity index is 530. The van der Waals surface area contributed by atoms with E-state index in [9.17, 15) is 4.79 Å². The minimum Gasteiger partial charge on any atom is -0.465 e. The first kappa shape index (κ1) is 14.9. The van der Waals surface area contributed by atoms with Crippen molar-refractivity contribution in [2.45, 2.75) is 6.23 Å². The predicted molar refractivity (Wildman–Crippen MR) is 76.5 cm³/mol. The molecule has 1 saturated heterocycles. The van der Waals surface area contributed by atoms with Crippen LogP contribution in [0, 0.1) is 0 Å². The number of amidine groups is 1. The smallest absolute Gasteiger partial charge is 0.407 e. The van der Waals surface area contributed by atoms with Gasteiger partial charge in [0.15, 0.2) is 6.23 Å². The van der Waals surface area contributed by atoms with Crippen molar-refractivity contribution in [3.8, 4) is 0 Å². The van der Waals surface area contributed by atoms with Crippen LogP contribution in [0.3, 0.4) is 0 Å². The van der Waals surface area contributed by atoms with Crippen molar-refractivity contribution in [3.63, 3.8) is 0 Å². The maximum atomic E-state index is 10.9. The second-order valence-electron chi connectivity index (χ2n) is 4.17. The highest BCUT2D eigenvalue weighted by molar-refractivity contribution is 6.39. The van der Waals surface area contributed by atoms with Crippen molar-refractivity contribution < 1.29 is 14.6 Å². The number of benzene rings is 1. The minimum absolute atomic E-state index is 0.123. The van der Waals surface area contributed by atoms with Gasteiger partial charge < -0.3 is 20.5 Å². The predicted octanol–water partition coefficient (Wildman–Crippen LogP) is 2.04. The Morgan fingerprint density at radius 3 is 2.70 bits per heavy atom. The third kappa shape index (κ3) is 3.33. The molecule has 0 aromatic heterocycles. The summed E-state index contributed by atoms with van der Waals surface area (Å²) in [5, 5.41) is 9.70. The fourth-order valence-electron chi connectivity index (χ4n) is 1.85. The molecule has 0 aliphatic carbocycles. The van der Waals surface area contributed by atoms with Gasteiger partial charge in [0.1, 0.15) is 5.84 Å². The van der Waals surface area contributed by atoms with E-state index < -0.39 is 12.3 Å². The van der Waals surface area contributed by atoms with Gasteiger partial charge in [-0.2, -0.15) is 0 Å². The van der Waals surface area contributed by atoms with E-state index in [0.717, 1.165) is 0 Å². The fraction of sp³-hybridized carbons (Fsp3) is 0.333. The van der Waals surface area contributed by atoms with E-state index in [2.05, 4.69) is 4.99 Å². The van der Waals surface area contributed by atoms with Gasteiger partial charge in [0.2, 0.25) is 0 Å². The van der Waals surface area contributed by atoms with E-state index in [-0.39, 0.29) is 19.0 Å². The number of hydrogen-bond acceptors (Lipinski definition) is 3. The summed E-state index contributed by atoms with van der Waals surface area (Å²) in [7, 11) is 0. The number of amides is 1. The van der Waals surface area contributed by atoms with Crippen molar-refractivity contribution in [2.75, 3.05) is 19.7 Å². The Kier molecular flexibility index (Phi) is 4.69. The van der Waals surface area contributed by atoms with Gasteiger partial charge in [0.05, 0.1) is 28.8 Å². The van der Waals surface area contributed by atoms with Gasteiger partial charge in [-0.15, -0.1) is 0 Å². The van der Waals surface area contributed by atoms with Crippen LogP contribution in [-0.2, 0) is 4.74 Å². The molecule has 1 atom stereocenters. The average Bonchev–Trinajstić information content (AvgIpc) is 2.38. The van der Waals surface area contributed by atoms with Crippen molar-refractivity contribution in [3.05, 3.63) is 33.8 Å². The zero-order valence-corrected chi connectivity index (χ0v) is 11.9. The molecular formula is C12H13Cl2N3O3. The fourth-order valence-corrected chi connectivity index (χ4v) is 2.44. The topological polar surface area (TPSA) is 88.2 Å². The quantitative estimate of drug-likeness (QED) is 0.645. The van der Waals surface area contributed by atoms with Gasteiger partial charge in [-0.25, -0.2) is 9.79 Å². The molecule has 20 heavy (non-hydrogen) atoms. The summed E-state index contributed by atoms with van der Waals surface area (Å²) in [6.45, 7) is 0.705. The molecule has 1 amide bonds. The molecule has 8 heteroatoms. The lowest BCUT2D eigenvalue weighted by Crippen LogP contribution is -2.45. The van der Waals surface area contributed by atoms with Crippen LogP contribution in [0.1, 0.15) is 5.56 Å². The summed E-state index contributed by atoms with van der Waals surface area (Å²) in [6.07, 6.45) is -1.67. The number of ether oxygens (including phenoxy) is 1. The number of hydrogen-bond donors (Lipinski definition) is 2. The highest BCUT2D eigenvalue weighted by Crippen LogP contribution is 2.24. The zero-order chi connectivity index (χ0) is 14.7.